The summed E-state index contributed by atoms with van der Waals surface area (Å²) >= 11 is 0. The van der Waals surface area contributed by atoms with Crippen molar-refractivity contribution in [1.82, 2.24) is 4.90 Å². The van der Waals surface area contributed by atoms with Gasteiger partial charge in [-0.2, -0.15) is 0 Å². The maximum absolute atomic E-state index is 11.5. The molecule has 0 saturated carbocycles. The predicted octanol–water partition coefficient (Wildman–Crippen LogP) is 1.88. The van der Waals surface area contributed by atoms with Crippen molar-refractivity contribution in [1.29, 1.82) is 0 Å². The Hall–Kier alpha value is -0.610. The van der Waals surface area contributed by atoms with Crippen LogP contribution in [-0.2, 0) is 9.53 Å². The number of carbonyl (C=O) groups is 1. The van der Waals surface area contributed by atoms with Crippen LogP contribution in [0.15, 0.2) is 0 Å². The lowest BCUT2D eigenvalue weighted by Gasteiger charge is -2.41. The predicted molar refractivity (Wildman–Crippen MR) is 65.0 cm³/mol. The summed E-state index contributed by atoms with van der Waals surface area (Å²) in [5.41, 5.74) is -0.652. The highest BCUT2D eigenvalue weighted by Crippen LogP contribution is 2.35. The molecule has 0 bridgehead atoms. The lowest BCUT2D eigenvalue weighted by molar-refractivity contribution is -0.152. The van der Waals surface area contributed by atoms with Gasteiger partial charge in [0.25, 0.3) is 0 Å². The van der Waals surface area contributed by atoms with E-state index in [2.05, 4.69) is 11.8 Å². The summed E-state index contributed by atoms with van der Waals surface area (Å²) < 4.78 is 5.67. The first-order valence-corrected chi connectivity index (χ1v) is 6.69. The zero-order valence-corrected chi connectivity index (χ0v) is 10.8. The average Bonchev–Trinajstić information content (AvgIpc) is 2.73. The van der Waals surface area contributed by atoms with Crippen LogP contribution in [0.1, 0.15) is 46.0 Å². The molecule has 98 valence electrons. The van der Waals surface area contributed by atoms with Gasteiger partial charge in [-0.25, -0.2) is 0 Å². The lowest BCUT2D eigenvalue weighted by Crippen LogP contribution is -2.54. The fourth-order valence-electron chi connectivity index (χ4n) is 3.23. The zero-order chi connectivity index (χ0) is 12.5. The number of ether oxygens (including phenoxy) is 1. The number of carboxylic acids is 1. The molecule has 4 nitrogen and oxygen atoms in total. The number of hydrogen-bond acceptors (Lipinski definition) is 3. The van der Waals surface area contributed by atoms with E-state index in [0.29, 0.717) is 12.1 Å². The molecule has 2 aliphatic rings. The summed E-state index contributed by atoms with van der Waals surface area (Å²) in [5, 5.41) is 9.42. The smallest absolute Gasteiger partial charge is 0.323 e. The molecule has 2 saturated heterocycles. The highest BCUT2D eigenvalue weighted by molar-refractivity contribution is 5.78. The van der Waals surface area contributed by atoms with Crippen molar-refractivity contribution < 1.29 is 14.6 Å². The Morgan fingerprint density at radius 3 is 3.00 bits per heavy atom. The second-order valence-corrected chi connectivity index (χ2v) is 5.46. The van der Waals surface area contributed by atoms with E-state index in [0.717, 1.165) is 45.3 Å². The monoisotopic (exact) mass is 241 g/mol. The number of hydrogen-bond donors (Lipinski definition) is 1. The van der Waals surface area contributed by atoms with Crippen LogP contribution in [-0.4, -0.2) is 46.8 Å². The van der Waals surface area contributed by atoms with Crippen molar-refractivity contribution in [2.45, 2.75) is 63.6 Å². The minimum absolute atomic E-state index is 0.312. The Morgan fingerprint density at radius 2 is 2.35 bits per heavy atom. The molecule has 0 radical (unpaired) electrons. The third-order valence-corrected chi connectivity index (χ3v) is 4.39. The van der Waals surface area contributed by atoms with E-state index >= 15 is 0 Å². The normalized spacial score (nSPS) is 39.4. The van der Waals surface area contributed by atoms with Crippen molar-refractivity contribution in [2.24, 2.45) is 0 Å². The number of carboxylic acid groups (broad SMARTS) is 1. The molecule has 17 heavy (non-hydrogen) atoms. The van der Waals surface area contributed by atoms with Gasteiger partial charge < -0.3 is 9.84 Å². The van der Waals surface area contributed by atoms with Crippen LogP contribution in [0, 0.1) is 0 Å². The largest absolute Gasteiger partial charge is 0.480 e. The van der Waals surface area contributed by atoms with E-state index in [1.807, 2.05) is 6.92 Å². The van der Waals surface area contributed by atoms with Crippen LogP contribution in [0.2, 0.25) is 0 Å². The molecule has 0 spiro atoms. The van der Waals surface area contributed by atoms with Crippen molar-refractivity contribution >= 4 is 5.97 Å². The van der Waals surface area contributed by atoms with Gasteiger partial charge in [-0.15, -0.1) is 0 Å². The minimum atomic E-state index is -0.672. The number of likely N-dealkylation sites (tertiary alicyclic amines) is 1. The van der Waals surface area contributed by atoms with Gasteiger partial charge in [0.05, 0.1) is 6.10 Å². The molecule has 2 aliphatic heterocycles. The van der Waals surface area contributed by atoms with Crippen LogP contribution in [0.3, 0.4) is 0 Å². The Labute approximate surface area is 103 Å². The van der Waals surface area contributed by atoms with Gasteiger partial charge in [-0.1, -0.05) is 6.92 Å². The number of nitrogens with zero attached hydrogens (tertiary/aromatic N) is 1. The molecule has 3 atom stereocenters. The van der Waals surface area contributed by atoms with Crippen LogP contribution in [0.25, 0.3) is 0 Å². The average molecular weight is 241 g/mol. The van der Waals surface area contributed by atoms with Crippen LogP contribution < -0.4 is 0 Å². The molecule has 0 amide bonds. The first kappa shape index (κ1) is 12.8. The Bertz CT molecular complexity index is 294. The zero-order valence-electron chi connectivity index (χ0n) is 10.8. The molecule has 0 aliphatic carbocycles. The summed E-state index contributed by atoms with van der Waals surface area (Å²) in [6.45, 7) is 5.70. The Kier molecular flexibility index (Phi) is 3.73. The molecule has 4 heteroatoms. The standard InChI is InChI=1S/C13H23NO3/c1-3-11-9-10(5-8-17-11)14-7-4-6-13(14,2)12(15)16/h10-11H,3-9H2,1-2H3,(H,15,16). The van der Waals surface area contributed by atoms with Gasteiger partial charge in [0.15, 0.2) is 0 Å². The first-order chi connectivity index (χ1) is 8.08. The summed E-state index contributed by atoms with van der Waals surface area (Å²) in [4.78, 5) is 13.7. The van der Waals surface area contributed by atoms with E-state index < -0.39 is 11.5 Å². The Morgan fingerprint density at radius 1 is 1.59 bits per heavy atom. The van der Waals surface area contributed by atoms with E-state index in [1.54, 1.807) is 0 Å². The molecular weight excluding hydrogens is 218 g/mol. The van der Waals surface area contributed by atoms with E-state index in [-0.39, 0.29) is 0 Å². The molecule has 0 aromatic carbocycles. The maximum Gasteiger partial charge on any atom is 0.323 e. The summed E-state index contributed by atoms with van der Waals surface area (Å²) in [5.74, 6) is -0.672. The summed E-state index contributed by atoms with van der Waals surface area (Å²) in [6, 6.07) is 0.386. The second kappa shape index (κ2) is 4.94. The first-order valence-electron chi connectivity index (χ1n) is 6.69. The highest BCUT2D eigenvalue weighted by atomic mass is 16.5. The van der Waals surface area contributed by atoms with E-state index in [9.17, 15) is 9.90 Å². The molecule has 1 N–H and O–H groups in total. The number of rotatable bonds is 3. The molecule has 0 aromatic rings. The molecule has 0 aromatic heterocycles. The molecule has 2 rings (SSSR count). The van der Waals surface area contributed by atoms with Gasteiger partial charge >= 0.3 is 5.97 Å². The second-order valence-electron chi connectivity index (χ2n) is 5.46. The SMILES string of the molecule is CCC1CC(N2CCCC2(C)C(=O)O)CCO1. The van der Waals surface area contributed by atoms with Crippen molar-refractivity contribution in [3.05, 3.63) is 0 Å². The topological polar surface area (TPSA) is 49.8 Å². The van der Waals surface area contributed by atoms with Crippen LogP contribution in [0.4, 0.5) is 0 Å². The molecule has 2 fully saturated rings. The summed E-state index contributed by atoms with van der Waals surface area (Å²) in [6.07, 6.45) is 5.06. The highest BCUT2D eigenvalue weighted by Gasteiger charge is 2.47. The molecular formula is C13H23NO3. The van der Waals surface area contributed by atoms with Crippen molar-refractivity contribution in [3.63, 3.8) is 0 Å². The maximum atomic E-state index is 11.5. The quantitative estimate of drug-likeness (QED) is 0.819. The van der Waals surface area contributed by atoms with Gasteiger partial charge in [0.1, 0.15) is 5.54 Å². The molecule has 3 unspecified atom stereocenters. The van der Waals surface area contributed by atoms with Gasteiger partial charge in [0.2, 0.25) is 0 Å². The van der Waals surface area contributed by atoms with Gasteiger partial charge in [-0.3, -0.25) is 9.69 Å². The number of aliphatic carboxylic acids is 1. The molecule has 2 heterocycles. The van der Waals surface area contributed by atoms with Crippen LogP contribution >= 0.6 is 0 Å². The van der Waals surface area contributed by atoms with Gasteiger partial charge in [-0.05, 0) is 45.6 Å². The van der Waals surface area contributed by atoms with Crippen LogP contribution in [0.5, 0.6) is 0 Å². The summed E-state index contributed by atoms with van der Waals surface area (Å²) in [7, 11) is 0. The minimum Gasteiger partial charge on any atom is -0.480 e. The van der Waals surface area contributed by atoms with Crippen molar-refractivity contribution in [3.8, 4) is 0 Å². The van der Waals surface area contributed by atoms with E-state index in [4.69, 9.17) is 4.74 Å². The lowest BCUT2D eigenvalue weighted by atomic mass is 9.93. The van der Waals surface area contributed by atoms with Gasteiger partial charge in [0, 0.05) is 12.6 Å². The third-order valence-electron chi connectivity index (χ3n) is 4.39. The Balaban J connectivity index is 2.08. The third kappa shape index (κ3) is 2.33. The van der Waals surface area contributed by atoms with E-state index in [1.165, 1.54) is 0 Å². The fourth-order valence-corrected chi connectivity index (χ4v) is 3.23. The van der Waals surface area contributed by atoms with Crippen molar-refractivity contribution in [2.75, 3.05) is 13.2 Å². The fraction of sp³-hybridized carbons (Fsp3) is 0.923.